The van der Waals surface area contributed by atoms with Crippen LogP contribution in [0.15, 0.2) is 5.38 Å². The number of aromatic nitrogens is 1. The lowest BCUT2D eigenvalue weighted by atomic mass is 10.0. The Bertz CT molecular complexity index is 504. The van der Waals surface area contributed by atoms with E-state index >= 15 is 0 Å². The van der Waals surface area contributed by atoms with Gasteiger partial charge >= 0.3 is 6.03 Å². The molecule has 1 aromatic rings. The molecule has 3 rings (SSSR count). The molecule has 0 bridgehead atoms. The quantitative estimate of drug-likeness (QED) is 0.875. The minimum atomic E-state index is 0.113. The number of nitrogens with one attached hydrogen (secondary N) is 1. The van der Waals surface area contributed by atoms with E-state index in [0.717, 1.165) is 45.6 Å². The van der Waals surface area contributed by atoms with E-state index in [1.165, 1.54) is 30.0 Å². The van der Waals surface area contributed by atoms with Gasteiger partial charge in [-0.25, -0.2) is 9.78 Å². The van der Waals surface area contributed by atoms with Crippen LogP contribution in [0.5, 0.6) is 0 Å². The van der Waals surface area contributed by atoms with Gasteiger partial charge < -0.3 is 10.2 Å². The molecule has 0 saturated carbocycles. The number of unbranched alkanes of at least 4 members (excludes halogenated alkanes) is 1. The minimum Gasteiger partial charge on any atom is -0.336 e. The molecule has 3 heterocycles. The molecule has 2 aliphatic heterocycles. The SMILES string of the molecule is CCCCc1nc(CN2CCC[C@H](N3CCNC3=O)C2)cs1. The first-order valence-corrected chi connectivity index (χ1v) is 9.34. The highest BCUT2D eigenvalue weighted by Crippen LogP contribution is 2.20. The van der Waals surface area contributed by atoms with Crippen molar-refractivity contribution in [3.63, 3.8) is 0 Å². The van der Waals surface area contributed by atoms with Gasteiger partial charge in [0.2, 0.25) is 0 Å². The van der Waals surface area contributed by atoms with Crippen molar-refractivity contribution in [1.82, 2.24) is 20.1 Å². The highest BCUT2D eigenvalue weighted by molar-refractivity contribution is 7.09. The Hall–Kier alpha value is -1.14. The molecule has 0 radical (unpaired) electrons. The number of rotatable bonds is 6. The van der Waals surface area contributed by atoms with E-state index in [1.807, 2.05) is 4.90 Å². The van der Waals surface area contributed by atoms with Crippen LogP contribution in [0.2, 0.25) is 0 Å². The largest absolute Gasteiger partial charge is 0.336 e. The number of aryl methyl sites for hydroxylation is 1. The highest BCUT2D eigenvalue weighted by Gasteiger charge is 2.31. The van der Waals surface area contributed by atoms with Gasteiger partial charge in [0, 0.05) is 37.6 Å². The molecule has 0 aliphatic carbocycles. The van der Waals surface area contributed by atoms with Crippen LogP contribution in [0.25, 0.3) is 0 Å². The van der Waals surface area contributed by atoms with E-state index < -0.39 is 0 Å². The number of amides is 2. The van der Waals surface area contributed by atoms with Crippen LogP contribution < -0.4 is 5.32 Å². The number of hydrogen-bond donors (Lipinski definition) is 1. The zero-order valence-electron chi connectivity index (χ0n) is 13.4. The Morgan fingerprint density at radius 2 is 2.36 bits per heavy atom. The first-order valence-electron chi connectivity index (χ1n) is 8.46. The summed E-state index contributed by atoms with van der Waals surface area (Å²) >= 11 is 1.79. The molecule has 1 N–H and O–H groups in total. The van der Waals surface area contributed by atoms with E-state index in [0.29, 0.717) is 6.04 Å². The summed E-state index contributed by atoms with van der Waals surface area (Å²) in [6.45, 7) is 6.89. The molecule has 2 amide bonds. The van der Waals surface area contributed by atoms with Gasteiger partial charge in [-0.15, -0.1) is 11.3 Å². The van der Waals surface area contributed by atoms with E-state index in [9.17, 15) is 4.79 Å². The summed E-state index contributed by atoms with van der Waals surface area (Å²) < 4.78 is 0. The zero-order chi connectivity index (χ0) is 15.4. The summed E-state index contributed by atoms with van der Waals surface area (Å²) in [7, 11) is 0. The van der Waals surface area contributed by atoms with Crippen molar-refractivity contribution in [3.05, 3.63) is 16.1 Å². The molecule has 5 nitrogen and oxygen atoms in total. The number of piperidine rings is 1. The van der Waals surface area contributed by atoms with Gasteiger partial charge in [-0.2, -0.15) is 0 Å². The number of likely N-dealkylation sites (tertiary alicyclic amines) is 1. The van der Waals surface area contributed by atoms with Crippen molar-refractivity contribution < 1.29 is 4.79 Å². The summed E-state index contributed by atoms with van der Waals surface area (Å²) in [5.41, 5.74) is 1.20. The molecular weight excluding hydrogens is 296 g/mol. The summed E-state index contributed by atoms with van der Waals surface area (Å²) in [6.07, 6.45) is 5.85. The normalized spacial score (nSPS) is 23.0. The van der Waals surface area contributed by atoms with Crippen molar-refractivity contribution in [2.24, 2.45) is 0 Å². The molecule has 122 valence electrons. The molecule has 0 spiro atoms. The van der Waals surface area contributed by atoms with Crippen LogP contribution in [0.4, 0.5) is 4.79 Å². The van der Waals surface area contributed by atoms with Crippen molar-refractivity contribution >= 4 is 17.4 Å². The Morgan fingerprint density at radius 3 is 3.14 bits per heavy atom. The maximum atomic E-state index is 11.8. The van der Waals surface area contributed by atoms with Crippen molar-refractivity contribution in [3.8, 4) is 0 Å². The van der Waals surface area contributed by atoms with Gasteiger partial charge in [0.1, 0.15) is 0 Å². The lowest BCUT2D eigenvalue weighted by Crippen LogP contribution is -2.48. The van der Waals surface area contributed by atoms with E-state index in [-0.39, 0.29) is 6.03 Å². The molecule has 0 unspecified atom stereocenters. The van der Waals surface area contributed by atoms with Gasteiger partial charge in [0.25, 0.3) is 0 Å². The van der Waals surface area contributed by atoms with Crippen LogP contribution in [0.1, 0.15) is 43.3 Å². The third-order valence-corrected chi connectivity index (χ3v) is 5.50. The maximum Gasteiger partial charge on any atom is 0.317 e. The Morgan fingerprint density at radius 1 is 1.45 bits per heavy atom. The van der Waals surface area contributed by atoms with Gasteiger partial charge in [-0.3, -0.25) is 4.90 Å². The van der Waals surface area contributed by atoms with Crippen molar-refractivity contribution in [2.75, 3.05) is 26.2 Å². The first-order chi connectivity index (χ1) is 10.8. The Balaban J connectivity index is 1.53. The highest BCUT2D eigenvalue weighted by atomic mass is 32.1. The molecule has 22 heavy (non-hydrogen) atoms. The number of urea groups is 1. The van der Waals surface area contributed by atoms with E-state index in [4.69, 9.17) is 4.98 Å². The second kappa shape index (κ2) is 7.42. The predicted molar refractivity (Wildman–Crippen MR) is 89.1 cm³/mol. The second-order valence-corrected chi connectivity index (χ2v) is 7.24. The smallest absolute Gasteiger partial charge is 0.317 e. The molecule has 0 aromatic carbocycles. The number of carbonyl (C=O) groups is 1. The van der Waals surface area contributed by atoms with Gasteiger partial charge in [-0.05, 0) is 32.2 Å². The lowest BCUT2D eigenvalue weighted by Gasteiger charge is -2.36. The van der Waals surface area contributed by atoms with Crippen LogP contribution in [-0.2, 0) is 13.0 Å². The number of nitrogens with zero attached hydrogens (tertiary/aromatic N) is 3. The lowest BCUT2D eigenvalue weighted by molar-refractivity contribution is 0.121. The summed E-state index contributed by atoms with van der Waals surface area (Å²) in [6, 6.07) is 0.483. The average Bonchev–Trinajstić information content (AvgIpc) is 3.14. The van der Waals surface area contributed by atoms with Crippen LogP contribution in [0.3, 0.4) is 0 Å². The Kier molecular flexibility index (Phi) is 5.31. The predicted octanol–water partition coefficient (Wildman–Crippen LogP) is 2.48. The fraction of sp³-hybridized carbons (Fsp3) is 0.750. The first kappa shape index (κ1) is 15.7. The average molecular weight is 322 g/mol. The van der Waals surface area contributed by atoms with E-state index in [1.54, 1.807) is 11.3 Å². The van der Waals surface area contributed by atoms with E-state index in [2.05, 4.69) is 22.5 Å². The number of carbonyl (C=O) groups excluding carboxylic acids is 1. The van der Waals surface area contributed by atoms with Crippen LogP contribution in [-0.4, -0.2) is 53.0 Å². The molecule has 1 aromatic heterocycles. The maximum absolute atomic E-state index is 11.8. The summed E-state index contributed by atoms with van der Waals surface area (Å²) in [5.74, 6) is 0. The third kappa shape index (κ3) is 3.79. The monoisotopic (exact) mass is 322 g/mol. The van der Waals surface area contributed by atoms with Crippen molar-refractivity contribution in [1.29, 1.82) is 0 Å². The summed E-state index contributed by atoms with van der Waals surface area (Å²) in [5, 5.41) is 6.39. The summed E-state index contributed by atoms with van der Waals surface area (Å²) in [4.78, 5) is 21.1. The molecule has 2 saturated heterocycles. The van der Waals surface area contributed by atoms with Gasteiger partial charge in [0.15, 0.2) is 0 Å². The molecule has 2 fully saturated rings. The number of hydrogen-bond acceptors (Lipinski definition) is 4. The van der Waals surface area contributed by atoms with Crippen molar-refractivity contribution in [2.45, 2.75) is 51.6 Å². The number of thiazole rings is 1. The topological polar surface area (TPSA) is 48.5 Å². The zero-order valence-corrected chi connectivity index (χ0v) is 14.2. The van der Waals surface area contributed by atoms with Crippen LogP contribution in [0, 0.1) is 0 Å². The van der Waals surface area contributed by atoms with Gasteiger partial charge in [-0.1, -0.05) is 13.3 Å². The minimum absolute atomic E-state index is 0.113. The fourth-order valence-electron chi connectivity index (χ4n) is 3.36. The standard InChI is InChI=1S/C16H26N4OS/c1-2-3-6-15-18-13(12-22-15)10-19-8-4-5-14(11-19)20-9-7-17-16(20)21/h12,14H,2-11H2,1H3,(H,17,21)/t14-/m0/s1. The Labute approximate surface area is 136 Å². The molecular formula is C16H26N4OS. The third-order valence-electron chi connectivity index (χ3n) is 4.54. The second-order valence-electron chi connectivity index (χ2n) is 6.29. The van der Waals surface area contributed by atoms with Crippen LogP contribution >= 0.6 is 11.3 Å². The molecule has 6 heteroatoms. The fourth-order valence-corrected chi connectivity index (χ4v) is 4.19. The molecule has 1 atom stereocenters. The molecule has 2 aliphatic rings. The van der Waals surface area contributed by atoms with Gasteiger partial charge in [0.05, 0.1) is 10.7 Å².